The lowest BCUT2D eigenvalue weighted by atomic mass is 10.1. The molecule has 1 amide bonds. The number of carbonyl (C=O) groups is 1. The van der Waals surface area contributed by atoms with Crippen LogP contribution in [0.15, 0.2) is 53.4 Å². The highest BCUT2D eigenvalue weighted by Gasteiger charge is 2.10. The summed E-state index contributed by atoms with van der Waals surface area (Å²) in [5, 5.41) is 6.45. The summed E-state index contributed by atoms with van der Waals surface area (Å²) in [5.41, 5.74) is 2.98. The van der Waals surface area contributed by atoms with E-state index in [2.05, 4.69) is 20.4 Å². The van der Waals surface area contributed by atoms with Crippen LogP contribution in [0.1, 0.15) is 21.8 Å². The van der Waals surface area contributed by atoms with Crippen molar-refractivity contribution in [1.29, 1.82) is 0 Å². The van der Waals surface area contributed by atoms with Crippen molar-refractivity contribution in [2.45, 2.75) is 13.5 Å². The summed E-state index contributed by atoms with van der Waals surface area (Å²) < 4.78 is 4.87. The Bertz CT molecular complexity index is 766. The smallest absolute Gasteiger partial charge is 0.273 e. The van der Waals surface area contributed by atoms with Gasteiger partial charge >= 0.3 is 0 Å². The number of hydrogen-bond donors (Lipinski definition) is 1. The number of aromatic nitrogens is 3. The van der Waals surface area contributed by atoms with Gasteiger partial charge in [-0.15, -0.1) is 0 Å². The minimum atomic E-state index is -0.270. The molecular formula is C16H14N4O2. The topological polar surface area (TPSA) is 80.9 Å². The maximum absolute atomic E-state index is 11.9. The molecule has 6 heteroatoms. The molecule has 0 fully saturated rings. The molecule has 0 saturated heterocycles. The summed E-state index contributed by atoms with van der Waals surface area (Å²) in [6.07, 6.45) is 5.21. The molecule has 0 aliphatic carbocycles. The molecule has 22 heavy (non-hydrogen) atoms. The lowest BCUT2D eigenvalue weighted by Gasteiger charge is -2.04. The largest absolute Gasteiger partial charge is 0.361 e. The standard InChI is InChI=1S/C16H14N4O2/c1-11-7-15(20-22-11)16(21)19-9-12-4-5-14(18-8-12)13-3-2-6-17-10-13/h2-8,10H,9H2,1H3,(H,19,21). The van der Waals surface area contributed by atoms with Crippen molar-refractivity contribution >= 4 is 5.91 Å². The second kappa shape index (κ2) is 6.17. The van der Waals surface area contributed by atoms with E-state index < -0.39 is 0 Å². The number of nitrogens with zero attached hydrogens (tertiary/aromatic N) is 3. The Morgan fingerprint density at radius 2 is 2.18 bits per heavy atom. The van der Waals surface area contributed by atoms with Crippen LogP contribution < -0.4 is 5.32 Å². The highest BCUT2D eigenvalue weighted by atomic mass is 16.5. The van der Waals surface area contributed by atoms with Crippen LogP contribution in [0.4, 0.5) is 0 Å². The Morgan fingerprint density at radius 3 is 2.82 bits per heavy atom. The summed E-state index contributed by atoms with van der Waals surface area (Å²) in [5.74, 6) is 0.334. The van der Waals surface area contributed by atoms with Crippen molar-refractivity contribution in [3.63, 3.8) is 0 Å². The number of hydrogen-bond acceptors (Lipinski definition) is 5. The first kappa shape index (κ1) is 13.9. The first-order valence-electron chi connectivity index (χ1n) is 6.79. The summed E-state index contributed by atoms with van der Waals surface area (Å²) in [6.45, 7) is 2.12. The lowest BCUT2D eigenvalue weighted by Crippen LogP contribution is -2.23. The molecule has 0 bridgehead atoms. The monoisotopic (exact) mass is 294 g/mol. The molecule has 110 valence electrons. The number of amides is 1. The number of aryl methyl sites for hydroxylation is 1. The summed E-state index contributed by atoms with van der Waals surface area (Å²) >= 11 is 0. The van der Waals surface area contributed by atoms with E-state index >= 15 is 0 Å². The van der Waals surface area contributed by atoms with Crippen molar-refractivity contribution in [1.82, 2.24) is 20.4 Å². The van der Waals surface area contributed by atoms with Crippen LogP contribution in [0.5, 0.6) is 0 Å². The van der Waals surface area contributed by atoms with E-state index in [4.69, 9.17) is 4.52 Å². The van der Waals surface area contributed by atoms with Gasteiger partial charge in [0.05, 0.1) is 5.69 Å². The van der Waals surface area contributed by atoms with Crippen molar-refractivity contribution in [2.75, 3.05) is 0 Å². The predicted molar refractivity (Wildman–Crippen MR) is 79.9 cm³/mol. The fraction of sp³-hybridized carbons (Fsp3) is 0.125. The zero-order valence-corrected chi connectivity index (χ0v) is 12.0. The van der Waals surface area contributed by atoms with Gasteiger partial charge in [-0.3, -0.25) is 14.8 Å². The van der Waals surface area contributed by atoms with E-state index in [1.54, 1.807) is 31.6 Å². The van der Waals surface area contributed by atoms with E-state index in [-0.39, 0.29) is 11.6 Å². The van der Waals surface area contributed by atoms with Crippen LogP contribution in [-0.2, 0) is 6.54 Å². The Hall–Kier alpha value is -3.02. The van der Waals surface area contributed by atoms with E-state index in [0.29, 0.717) is 12.3 Å². The SMILES string of the molecule is Cc1cc(C(=O)NCc2ccc(-c3cccnc3)nc2)no1. The molecule has 6 nitrogen and oxygen atoms in total. The van der Waals surface area contributed by atoms with Gasteiger partial charge in [-0.2, -0.15) is 0 Å². The second-order valence-electron chi connectivity index (χ2n) is 4.80. The van der Waals surface area contributed by atoms with Crippen LogP contribution >= 0.6 is 0 Å². The fourth-order valence-corrected chi connectivity index (χ4v) is 1.96. The van der Waals surface area contributed by atoms with Gasteiger partial charge in [0.1, 0.15) is 5.76 Å². The molecule has 0 saturated carbocycles. The molecule has 0 atom stereocenters. The van der Waals surface area contributed by atoms with Crippen molar-refractivity contribution < 1.29 is 9.32 Å². The Balaban J connectivity index is 1.63. The van der Waals surface area contributed by atoms with E-state index in [0.717, 1.165) is 16.8 Å². The van der Waals surface area contributed by atoms with Gasteiger partial charge in [0, 0.05) is 36.8 Å². The van der Waals surface area contributed by atoms with Crippen LogP contribution in [-0.4, -0.2) is 21.0 Å². The third kappa shape index (κ3) is 3.17. The van der Waals surface area contributed by atoms with Crippen LogP contribution in [0.3, 0.4) is 0 Å². The molecule has 0 aromatic carbocycles. The zero-order valence-electron chi connectivity index (χ0n) is 12.0. The van der Waals surface area contributed by atoms with Crippen molar-refractivity contribution in [2.24, 2.45) is 0 Å². The van der Waals surface area contributed by atoms with Gasteiger partial charge in [0.25, 0.3) is 5.91 Å². The Kier molecular flexibility index (Phi) is 3.91. The number of pyridine rings is 2. The molecular weight excluding hydrogens is 280 g/mol. The Morgan fingerprint density at radius 1 is 1.27 bits per heavy atom. The molecule has 3 heterocycles. The molecule has 0 unspecified atom stereocenters. The molecule has 3 aromatic heterocycles. The van der Waals surface area contributed by atoms with Gasteiger partial charge in [-0.25, -0.2) is 0 Å². The minimum Gasteiger partial charge on any atom is -0.361 e. The van der Waals surface area contributed by atoms with Gasteiger partial charge < -0.3 is 9.84 Å². The second-order valence-corrected chi connectivity index (χ2v) is 4.80. The third-order valence-electron chi connectivity index (χ3n) is 3.10. The van der Waals surface area contributed by atoms with Gasteiger partial charge in [-0.1, -0.05) is 11.2 Å². The van der Waals surface area contributed by atoms with Crippen molar-refractivity contribution in [3.8, 4) is 11.3 Å². The molecule has 3 aromatic rings. The molecule has 0 radical (unpaired) electrons. The van der Waals surface area contributed by atoms with Crippen molar-refractivity contribution in [3.05, 3.63) is 65.9 Å². The van der Waals surface area contributed by atoms with Crippen LogP contribution in [0.25, 0.3) is 11.3 Å². The lowest BCUT2D eigenvalue weighted by molar-refractivity contribution is 0.0942. The first-order valence-corrected chi connectivity index (χ1v) is 6.79. The molecule has 0 spiro atoms. The maximum atomic E-state index is 11.9. The van der Waals surface area contributed by atoms with E-state index in [9.17, 15) is 4.79 Å². The number of rotatable bonds is 4. The van der Waals surface area contributed by atoms with Gasteiger partial charge in [0.2, 0.25) is 0 Å². The number of carbonyl (C=O) groups excluding carboxylic acids is 1. The van der Waals surface area contributed by atoms with E-state index in [1.165, 1.54) is 0 Å². The summed E-state index contributed by atoms with van der Waals surface area (Å²) in [4.78, 5) is 20.3. The minimum absolute atomic E-state index is 0.270. The number of nitrogens with one attached hydrogen (secondary N) is 1. The summed E-state index contributed by atoms with van der Waals surface area (Å²) in [7, 11) is 0. The molecule has 3 rings (SSSR count). The first-order chi connectivity index (χ1) is 10.7. The average Bonchev–Trinajstić information content (AvgIpc) is 3.00. The Labute approximate surface area is 127 Å². The van der Waals surface area contributed by atoms with Crippen LogP contribution in [0.2, 0.25) is 0 Å². The van der Waals surface area contributed by atoms with E-state index in [1.807, 2.05) is 24.3 Å². The predicted octanol–water partition coefficient (Wildman–Crippen LogP) is 2.37. The van der Waals surface area contributed by atoms with Crippen LogP contribution in [0, 0.1) is 6.92 Å². The third-order valence-corrected chi connectivity index (χ3v) is 3.10. The normalized spacial score (nSPS) is 10.4. The zero-order chi connectivity index (χ0) is 15.4. The molecule has 0 aliphatic heterocycles. The molecule has 1 N–H and O–H groups in total. The molecule has 0 aliphatic rings. The highest BCUT2D eigenvalue weighted by Crippen LogP contribution is 2.15. The summed E-state index contributed by atoms with van der Waals surface area (Å²) in [6, 6.07) is 9.23. The van der Waals surface area contributed by atoms with Gasteiger partial charge in [-0.05, 0) is 30.7 Å². The fourth-order valence-electron chi connectivity index (χ4n) is 1.96. The highest BCUT2D eigenvalue weighted by molar-refractivity contribution is 5.92. The quantitative estimate of drug-likeness (QED) is 0.799. The maximum Gasteiger partial charge on any atom is 0.273 e. The average molecular weight is 294 g/mol. The van der Waals surface area contributed by atoms with Gasteiger partial charge in [0.15, 0.2) is 5.69 Å².